The van der Waals surface area contributed by atoms with Crippen LogP contribution in [0.2, 0.25) is 0 Å². The van der Waals surface area contributed by atoms with E-state index in [2.05, 4.69) is 47.6 Å². The highest BCUT2D eigenvalue weighted by Crippen LogP contribution is 2.34. The first-order chi connectivity index (χ1) is 8.14. The van der Waals surface area contributed by atoms with Crippen LogP contribution in [0.25, 0.3) is 0 Å². The van der Waals surface area contributed by atoms with Gasteiger partial charge < -0.3 is 15.5 Å². The zero-order valence-electron chi connectivity index (χ0n) is 10.7. The molecule has 3 rings (SSSR count). The van der Waals surface area contributed by atoms with E-state index in [0.29, 0.717) is 0 Å². The van der Waals surface area contributed by atoms with Gasteiger partial charge in [-0.2, -0.15) is 0 Å². The fourth-order valence-corrected chi connectivity index (χ4v) is 2.68. The molecule has 0 radical (unpaired) electrons. The Morgan fingerprint density at radius 2 is 1.88 bits per heavy atom. The van der Waals surface area contributed by atoms with E-state index < -0.39 is 0 Å². The Labute approximate surface area is 103 Å². The third kappa shape index (κ3) is 2.06. The first-order valence-electron chi connectivity index (χ1n) is 6.55. The van der Waals surface area contributed by atoms with Crippen molar-refractivity contribution in [2.45, 2.75) is 32.2 Å². The van der Waals surface area contributed by atoms with Crippen LogP contribution >= 0.6 is 0 Å². The lowest BCUT2D eigenvalue weighted by Gasteiger charge is -2.35. The molecular weight excluding hydrogens is 210 g/mol. The van der Waals surface area contributed by atoms with Crippen molar-refractivity contribution in [2.24, 2.45) is 0 Å². The molecule has 0 bridgehead atoms. The average Bonchev–Trinajstić information content (AvgIpc) is 2.81. The quantitative estimate of drug-likeness (QED) is 0.778. The van der Waals surface area contributed by atoms with Crippen LogP contribution in [-0.2, 0) is 0 Å². The Hall–Kier alpha value is -1.38. The number of anilines is 3. The summed E-state index contributed by atoms with van der Waals surface area (Å²) in [4.78, 5) is 2.47. The molecule has 0 atom stereocenters. The van der Waals surface area contributed by atoms with Crippen molar-refractivity contribution in [3.63, 3.8) is 0 Å². The van der Waals surface area contributed by atoms with Gasteiger partial charge in [-0.3, -0.25) is 0 Å². The second-order valence-electron chi connectivity index (χ2n) is 5.79. The SMILES string of the molecule is CC1(C)CNc2cc(N3CCCC3)ccc2N1. The largest absolute Gasteiger partial charge is 0.381 e. The van der Waals surface area contributed by atoms with Gasteiger partial charge in [0.2, 0.25) is 0 Å². The molecular formula is C14H21N3. The minimum atomic E-state index is 0.141. The van der Waals surface area contributed by atoms with E-state index in [-0.39, 0.29) is 5.54 Å². The van der Waals surface area contributed by atoms with Crippen molar-refractivity contribution >= 4 is 17.1 Å². The van der Waals surface area contributed by atoms with Crippen LogP contribution in [0.1, 0.15) is 26.7 Å². The first-order valence-corrected chi connectivity index (χ1v) is 6.55. The lowest BCUT2D eigenvalue weighted by molar-refractivity contribution is 0.589. The van der Waals surface area contributed by atoms with E-state index in [1.165, 1.54) is 43.0 Å². The molecule has 0 amide bonds. The Kier molecular flexibility index (Phi) is 2.42. The Morgan fingerprint density at radius 3 is 2.65 bits per heavy atom. The number of benzene rings is 1. The zero-order chi connectivity index (χ0) is 11.9. The molecule has 1 fully saturated rings. The fourth-order valence-electron chi connectivity index (χ4n) is 2.68. The van der Waals surface area contributed by atoms with Crippen LogP contribution in [-0.4, -0.2) is 25.2 Å². The monoisotopic (exact) mass is 231 g/mol. The minimum absolute atomic E-state index is 0.141. The normalized spacial score (nSPS) is 21.6. The lowest BCUT2D eigenvalue weighted by atomic mass is 10.0. The van der Waals surface area contributed by atoms with E-state index >= 15 is 0 Å². The molecule has 0 aliphatic carbocycles. The molecule has 2 N–H and O–H groups in total. The van der Waals surface area contributed by atoms with Gasteiger partial charge >= 0.3 is 0 Å². The predicted octanol–water partition coefficient (Wildman–Crippen LogP) is 2.90. The highest BCUT2D eigenvalue weighted by Gasteiger charge is 2.24. The number of fused-ring (bicyclic) bond motifs is 1. The molecule has 1 aromatic carbocycles. The molecule has 0 unspecified atom stereocenters. The number of nitrogens with one attached hydrogen (secondary N) is 2. The summed E-state index contributed by atoms with van der Waals surface area (Å²) < 4.78 is 0. The summed E-state index contributed by atoms with van der Waals surface area (Å²) in [5.74, 6) is 0. The topological polar surface area (TPSA) is 27.3 Å². The van der Waals surface area contributed by atoms with Crippen LogP contribution in [0.3, 0.4) is 0 Å². The summed E-state index contributed by atoms with van der Waals surface area (Å²) in [5, 5.41) is 7.10. The number of nitrogens with zero attached hydrogens (tertiary/aromatic N) is 1. The molecule has 1 saturated heterocycles. The first kappa shape index (κ1) is 10.8. The maximum atomic E-state index is 3.57. The van der Waals surface area contributed by atoms with Gasteiger partial charge in [-0.1, -0.05) is 0 Å². The Morgan fingerprint density at radius 1 is 1.12 bits per heavy atom. The molecule has 3 nitrogen and oxygen atoms in total. The maximum absolute atomic E-state index is 3.57. The summed E-state index contributed by atoms with van der Waals surface area (Å²) in [6, 6.07) is 6.72. The van der Waals surface area contributed by atoms with Gasteiger partial charge in [0, 0.05) is 30.9 Å². The van der Waals surface area contributed by atoms with Crippen molar-refractivity contribution in [1.82, 2.24) is 0 Å². The summed E-state index contributed by atoms with van der Waals surface area (Å²) in [6.07, 6.45) is 2.66. The predicted molar refractivity (Wildman–Crippen MR) is 74.1 cm³/mol. The van der Waals surface area contributed by atoms with E-state index in [1.54, 1.807) is 0 Å². The summed E-state index contributed by atoms with van der Waals surface area (Å²) in [7, 11) is 0. The van der Waals surface area contributed by atoms with E-state index in [4.69, 9.17) is 0 Å². The third-order valence-corrected chi connectivity index (χ3v) is 3.67. The van der Waals surface area contributed by atoms with Crippen LogP contribution in [0, 0.1) is 0 Å². The Bertz CT molecular complexity index is 419. The average molecular weight is 231 g/mol. The van der Waals surface area contributed by atoms with Crippen molar-refractivity contribution in [3.05, 3.63) is 18.2 Å². The molecule has 3 heteroatoms. The number of hydrogen-bond acceptors (Lipinski definition) is 3. The Balaban J connectivity index is 1.87. The van der Waals surface area contributed by atoms with Crippen LogP contribution in [0.5, 0.6) is 0 Å². The summed E-state index contributed by atoms with van der Waals surface area (Å²) in [6.45, 7) is 7.83. The standard InChI is InChI=1S/C14H21N3/c1-14(2)10-15-13-9-11(5-6-12(13)16-14)17-7-3-4-8-17/h5-6,9,15-16H,3-4,7-8,10H2,1-2H3. The third-order valence-electron chi connectivity index (χ3n) is 3.67. The van der Waals surface area contributed by atoms with Crippen molar-refractivity contribution < 1.29 is 0 Å². The van der Waals surface area contributed by atoms with Gasteiger partial charge in [0.15, 0.2) is 0 Å². The fraction of sp³-hybridized carbons (Fsp3) is 0.571. The van der Waals surface area contributed by atoms with Crippen molar-refractivity contribution in [2.75, 3.05) is 35.2 Å². The van der Waals surface area contributed by atoms with Gasteiger partial charge in [-0.25, -0.2) is 0 Å². The van der Waals surface area contributed by atoms with Gasteiger partial charge in [0.25, 0.3) is 0 Å². The smallest absolute Gasteiger partial charge is 0.0597 e. The number of hydrogen-bond donors (Lipinski definition) is 2. The number of rotatable bonds is 1. The minimum Gasteiger partial charge on any atom is -0.381 e. The van der Waals surface area contributed by atoms with Crippen LogP contribution in [0.15, 0.2) is 18.2 Å². The van der Waals surface area contributed by atoms with Gasteiger partial charge in [0.1, 0.15) is 0 Å². The zero-order valence-corrected chi connectivity index (χ0v) is 10.7. The second-order valence-corrected chi connectivity index (χ2v) is 5.79. The molecule has 2 heterocycles. The molecule has 0 aromatic heterocycles. The van der Waals surface area contributed by atoms with E-state index in [0.717, 1.165) is 6.54 Å². The van der Waals surface area contributed by atoms with Gasteiger partial charge in [-0.15, -0.1) is 0 Å². The van der Waals surface area contributed by atoms with E-state index in [9.17, 15) is 0 Å². The van der Waals surface area contributed by atoms with Crippen molar-refractivity contribution in [3.8, 4) is 0 Å². The van der Waals surface area contributed by atoms with Gasteiger partial charge in [-0.05, 0) is 44.9 Å². The highest BCUT2D eigenvalue weighted by atomic mass is 15.2. The van der Waals surface area contributed by atoms with Crippen LogP contribution in [0.4, 0.5) is 17.1 Å². The molecule has 1 aromatic rings. The molecule has 17 heavy (non-hydrogen) atoms. The van der Waals surface area contributed by atoms with Gasteiger partial charge in [0.05, 0.1) is 11.4 Å². The van der Waals surface area contributed by atoms with Crippen molar-refractivity contribution in [1.29, 1.82) is 0 Å². The molecule has 0 spiro atoms. The molecule has 92 valence electrons. The summed E-state index contributed by atoms with van der Waals surface area (Å²) in [5.41, 5.74) is 3.97. The maximum Gasteiger partial charge on any atom is 0.0597 e. The molecule has 2 aliphatic rings. The lowest BCUT2D eigenvalue weighted by Crippen LogP contribution is -2.42. The van der Waals surface area contributed by atoms with Crippen LogP contribution < -0.4 is 15.5 Å². The molecule has 2 aliphatic heterocycles. The summed E-state index contributed by atoms with van der Waals surface area (Å²) >= 11 is 0. The highest BCUT2D eigenvalue weighted by molar-refractivity contribution is 5.76. The molecule has 0 saturated carbocycles. The second kappa shape index (κ2) is 3.83. The van der Waals surface area contributed by atoms with E-state index in [1.807, 2.05) is 0 Å².